The van der Waals surface area contributed by atoms with Gasteiger partial charge in [0.2, 0.25) is 0 Å². The van der Waals surface area contributed by atoms with E-state index in [9.17, 15) is 4.39 Å². The van der Waals surface area contributed by atoms with E-state index in [-0.39, 0.29) is 5.82 Å². The Morgan fingerprint density at radius 2 is 2.05 bits per heavy atom. The first-order valence-electron chi connectivity index (χ1n) is 7.33. The number of nitrogens with zero attached hydrogens (tertiary/aromatic N) is 2. The molecule has 0 saturated carbocycles. The molecule has 1 N–H and O–H groups in total. The van der Waals surface area contributed by atoms with Gasteiger partial charge in [-0.05, 0) is 30.7 Å². The van der Waals surface area contributed by atoms with Crippen molar-refractivity contribution in [3.05, 3.63) is 34.6 Å². The lowest BCUT2D eigenvalue weighted by Crippen LogP contribution is -2.50. The zero-order valence-electron chi connectivity index (χ0n) is 11.6. The van der Waals surface area contributed by atoms with Crippen LogP contribution in [0.25, 0.3) is 0 Å². The molecule has 3 rings (SSSR count). The van der Waals surface area contributed by atoms with Crippen LogP contribution in [0.1, 0.15) is 12.0 Å². The van der Waals surface area contributed by atoms with Crippen molar-refractivity contribution in [1.82, 2.24) is 15.1 Å². The molecule has 0 bridgehead atoms. The molecule has 2 aliphatic rings. The van der Waals surface area contributed by atoms with Crippen molar-refractivity contribution in [2.24, 2.45) is 0 Å². The monoisotopic (exact) mass is 297 g/mol. The predicted octanol–water partition coefficient (Wildman–Crippen LogP) is 1.96. The van der Waals surface area contributed by atoms with Crippen LogP contribution < -0.4 is 5.32 Å². The minimum absolute atomic E-state index is 0.266. The molecule has 1 aromatic rings. The number of hydrogen-bond acceptors (Lipinski definition) is 3. The van der Waals surface area contributed by atoms with Gasteiger partial charge in [-0.15, -0.1) is 0 Å². The van der Waals surface area contributed by atoms with E-state index in [1.807, 2.05) is 0 Å². The van der Waals surface area contributed by atoms with Crippen molar-refractivity contribution >= 4 is 11.6 Å². The van der Waals surface area contributed by atoms with E-state index in [0.29, 0.717) is 11.1 Å². The quantitative estimate of drug-likeness (QED) is 0.920. The van der Waals surface area contributed by atoms with E-state index < -0.39 is 0 Å². The first kappa shape index (κ1) is 14.3. The third kappa shape index (κ3) is 3.31. The largest absolute Gasteiger partial charge is 0.315 e. The summed E-state index contributed by atoms with van der Waals surface area (Å²) in [6.07, 6.45) is 1.27. The Hall–Kier alpha value is -0.680. The third-order valence-electron chi connectivity index (χ3n) is 4.37. The van der Waals surface area contributed by atoms with Gasteiger partial charge in [-0.1, -0.05) is 17.7 Å². The molecule has 3 nitrogen and oxygen atoms in total. The van der Waals surface area contributed by atoms with Crippen molar-refractivity contribution in [3.63, 3.8) is 0 Å². The minimum atomic E-state index is -0.266. The number of halogens is 2. The van der Waals surface area contributed by atoms with Crippen LogP contribution in [0.15, 0.2) is 18.2 Å². The van der Waals surface area contributed by atoms with E-state index >= 15 is 0 Å². The SMILES string of the molecule is Fc1ccc(CN2CCN(C3CCNC3)CC2)c(Cl)c1. The zero-order valence-corrected chi connectivity index (χ0v) is 12.4. The van der Waals surface area contributed by atoms with Gasteiger partial charge >= 0.3 is 0 Å². The van der Waals surface area contributed by atoms with Gasteiger partial charge in [0, 0.05) is 50.3 Å². The third-order valence-corrected chi connectivity index (χ3v) is 4.72. The maximum Gasteiger partial charge on any atom is 0.124 e. The second-order valence-corrected chi connectivity index (χ2v) is 6.10. The Labute approximate surface area is 124 Å². The summed E-state index contributed by atoms with van der Waals surface area (Å²) in [5.41, 5.74) is 1.02. The molecule has 1 aromatic carbocycles. The van der Waals surface area contributed by atoms with Crippen LogP contribution >= 0.6 is 11.6 Å². The molecule has 1 atom stereocenters. The minimum Gasteiger partial charge on any atom is -0.315 e. The van der Waals surface area contributed by atoms with E-state index in [1.165, 1.54) is 18.6 Å². The second kappa shape index (κ2) is 6.39. The average molecular weight is 298 g/mol. The van der Waals surface area contributed by atoms with Crippen LogP contribution in [0, 0.1) is 5.82 Å². The van der Waals surface area contributed by atoms with Crippen molar-refractivity contribution in [1.29, 1.82) is 0 Å². The molecule has 20 heavy (non-hydrogen) atoms. The first-order valence-corrected chi connectivity index (χ1v) is 7.71. The summed E-state index contributed by atoms with van der Waals surface area (Å²) in [6.45, 7) is 7.44. The zero-order chi connectivity index (χ0) is 13.9. The summed E-state index contributed by atoms with van der Waals surface area (Å²) in [5, 5.41) is 3.96. The number of piperazine rings is 1. The van der Waals surface area contributed by atoms with Gasteiger partial charge in [0.25, 0.3) is 0 Å². The molecule has 0 radical (unpaired) electrons. The van der Waals surface area contributed by atoms with E-state index in [1.54, 1.807) is 6.07 Å². The lowest BCUT2D eigenvalue weighted by Gasteiger charge is -2.37. The normalized spacial score (nSPS) is 25.2. The molecule has 0 amide bonds. The standard InChI is InChI=1S/C15H21ClFN3/c16-15-9-13(17)2-1-12(15)11-19-5-7-20(8-6-19)14-3-4-18-10-14/h1-2,9,14,18H,3-8,10-11H2. The molecular formula is C15H21ClFN3. The molecule has 5 heteroatoms. The number of rotatable bonds is 3. The Morgan fingerprint density at radius 1 is 1.25 bits per heavy atom. The lowest BCUT2D eigenvalue weighted by molar-refractivity contribution is 0.0981. The fourth-order valence-corrected chi connectivity index (χ4v) is 3.36. The van der Waals surface area contributed by atoms with E-state index in [4.69, 9.17) is 11.6 Å². The Balaban J connectivity index is 1.53. The smallest absolute Gasteiger partial charge is 0.124 e. The highest BCUT2D eigenvalue weighted by Crippen LogP contribution is 2.20. The highest BCUT2D eigenvalue weighted by molar-refractivity contribution is 6.31. The molecule has 1 unspecified atom stereocenters. The van der Waals surface area contributed by atoms with Crippen LogP contribution in [0.5, 0.6) is 0 Å². The van der Waals surface area contributed by atoms with Gasteiger partial charge < -0.3 is 5.32 Å². The van der Waals surface area contributed by atoms with Crippen molar-refractivity contribution in [2.45, 2.75) is 19.0 Å². The Morgan fingerprint density at radius 3 is 2.70 bits per heavy atom. The topological polar surface area (TPSA) is 18.5 Å². The summed E-state index contributed by atoms with van der Waals surface area (Å²) < 4.78 is 13.0. The van der Waals surface area contributed by atoms with Crippen LogP contribution in [0.2, 0.25) is 5.02 Å². The lowest BCUT2D eigenvalue weighted by atomic mass is 10.1. The first-order chi connectivity index (χ1) is 9.72. The van der Waals surface area contributed by atoms with Crippen molar-refractivity contribution < 1.29 is 4.39 Å². The highest BCUT2D eigenvalue weighted by atomic mass is 35.5. The maximum absolute atomic E-state index is 13.0. The molecule has 110 valence electrons. The second-order valence-electron chi connectivity index (χ2n) is 5.69. The number of benzene rings is 1. The molecule has 2 heterocycles. The number of nitrogens with one attached hydrogen (secondary N) is 1. The maximum atomic E-state index is 13.0. The molecular weight excluding hydrogens is 277 g/mol. The molecule has 0 aromatic heterocycles. The fourth-order valence-electron chi connectivity index (χ4n) is 3.13. The molecule has 2 fully saturated rings. The van der Waals surface area contributed by atoms with Gasteiger partial charge in [0.15, 0.2) is 0 Å². The van der Waals surface area contributed by atoms with Crippen LogP contribution in [-0.4, -0.2) is 55.1 Å². The average Bonchev–Trinajstić information content (AvgIpc) is 2.97. The van der Waals surface area contributed by atoms with E-state index in [2.05, 4.69) is 15.1 Å². The molecule has 2 aliphatic heterocycles. The van der Waals surface area contributed by atoms with Gasteiger partial charge in [-0.2, -0.15) is 0 Å². The molecule has 0 aliphatic carbocycles. The van der Waals surface area contributed by atoms with Gasteiger partial charge in [0.1, 0.15) is 5.82 Å². The Kier molecular flexibility index (Phi) is 4.56. The summed E-state index contributed by atoms with van der Waals surface area (Å²) in [6, 6.07) is 5.40. The summed E-state index contributed by atoms with van der Waals surface area (Å²) in [4.78, 5) is 4.99. The number of hydrogen-bond donors (Lipinski definition) is 1. The molecule has 0 spiro atoms. The predicted molar refractivity (Wildman–Crippen MR) is 79.5 cm³/mol. The summed E-state index contributed by atoms with van der Waals surface area (Å²) >= 11 is 6.10. The van der Waals surface area contributed by atoms with Crippen LogP contribution in [0.4, 0.5) is 4.39 Å². The van der Waals surface area contributed by atoms with Gasteiger partial charge in [-0.25, -0.2) is 4.39 Å². The highest BCUT2D eigenvalue weighted by Gasteiger charge is 2.26. The van der Waals surface area contributed by atoms with Crippen molar-refractivity contribution in [2.75, 3.05) is 39.3 Å². The van der Waals surface area contributed by atoms with Crippen molar-refractivity contribution in [3.8, 4) is 0 Å². The summed E-state index contributed by atoms with van der Waals surface area (Å²) in [7, 11) is 0. The van der Waals surface area contributed by atoms with Gasteiger partial charge in [0.05, 0.1) is 0 Å². The fraction of sp³-hybridized carbons (Fsp3) is 0.600. The summed E-state index contributed by atoms with van der Waals surface area (Å²) in [5.74, 6) is -0.266. The van der Waals surface area contributed by atoms with E-state index in [0.717, 1.165) is 51.4 Å². The molecule has 2 saturated heterocycles. The van der Waals surface area contributed by atoms with Crippen LogP contribution in [0.3, 0.4) is 0 Å². The van der Waals surface area contributed by atoms with Crippen LogP contribution in [-0.2, 0) is 6.54 Å². The van der Waals surface area contributed by atoms with Gasteiger partial charge in [-0.3, -0.25) is 9.80 Å². The Bertz CT molecular complexity index is 454.